The largest absolute Gasteiger partial charge is 0.377 e. The van der Waals surface area contributed by atoms with Crippen molar-refractivity contribution in [3.05, 3.63) is 28.5 Å². The Morgan fingerprint density at radius 3 is 3.00 bits per heavy atom. The number of rotatable bonds is 1. The van der Waals surface area contributed by atoms with E-state index in [2.05, 4.69) is 20.9 Å². The third kappa shape index (κ3) is 2.50. The van der Waals surface area contributed by atoms with Gasteiger partial charge in [-0.1, -0.05) is 0 Å². The van der Waals surface area contributed by atoms with Gasteiger partial charge in [0.05, 0.1) is 24.3 Å². The van der Waals surface area contributed by atoms with Crippen LogP contribution in [-0.4, -0.2) is 41.1 Å². The summed E-state index contributed by atoms with van der Waals surface area (Å²) in [6, 6.07) is 3.55. The Labute approximate surface area is 109 Å². The topological polar surface area (TPSA) is 42.4 Å². The highest BCUT2D eigenvalue weighted by Gasteiger charge is 2.35. The molecule has 1 aromatic rings. The Hall–Kier alpha value is -0.940. The van der Waals surface area contributed by atoms with E-state index in [4.69, 9.17) is 4.74 Å². The lowest BCUT2D eigenvalue weighted by Gasteiger charge is -2.42. The number of hydrogen-bond acceptors (Lipinski definition) is 3. The Balaban J connectivity index is 2.28. The Morgan fingerprint density at radius 1 is 1.59 bits per heavy atom. The summed E-state index contributed by atoms with van der Waals surface area (Å²) in [6.45, 7) is 5.79. The number of ether oxygens (including phenoxy) is 1. The zero-order valence-corrected chi connectivity index (χ0v) is 11.5. The van der Waals surface area contributed by atoms with Gasteiger partial charge in [0, 0.05) is 12.7 Å². The second-order valence-electron chi connectivity index (χ2n) is 4.66. The van der Waals surface area contributed by atoms with Crippen molar-refractivity contribution in [1.82, 2.24) is 9.88 Å². The predicted molar refractivity (Wildman–Crippen MR) is 67.9 cm³/mol. The molecule has 0 aliphatic carbocycles. The normalized spacial score (nSPS) is 19.1. The molecule has 0 unspecified atom stereocenters. The van der Waals surface area contributed by atoms with Crippen LogP contribution < -0.4 is 0 Å². The molecule has 92 valence electrons. The monoisotopic (exact) mass is 298 g/mol. The molecule has 0 radical (unpaired) electrons. The lowest BCUT2D eigenvalue weighted by atomic mass is 10.0. The minimum atomic E-state index is -0.273. The van der Waals surface area contributed by atoms with Crippen LogP contribution in [0.2, 0.25) is 0 Å². The maximum absolute atomic E-state index is 12.4. The van der Waals surface area contributed by atoms with E-state index in [-0.39, 0.29) is 11.4 Å². The zero-order valence-electron chi connectivity index (χ0n) is 9.94. The average Bonchev–Trinajstić information content (AvgIpc) is 2.28. The van der Waals surface area contributed by atoms with Crippen molar-refractivity contribution in [3.8, 4) is 0 Å². The fourth-order valence-electron chi connectivity index (χ4n) is 1.93. The first kappa shape index (κ1) is 12.5. The summed E-state index contributed by atoms with van der Waals surface area (Å²) in [5, 5.41) is 0. The van der Waals surface area contributed by atoms with E-state index in [1.165, 1.54) is 0 Å². The van der Waals surface area contributed by atoms with Crippen LogP contribution in [0.1, 0.15) is 24.2 Å². The summed E-state index contributed by atoms with van der Waals surface area (Å²) in [5.41, 5.74) is 0.326. The molecule has 17 heavy (non-hydrogen) atoms. The minimum Gasteiger partial charge on any atom is -0.377 e. The van der Waals surface area contributed by atoms with Gasteiger partial charge in [0.15, 0.2) is 0 Å². The van der Waals surface area contributed by atoms with E-state index >= 15 is 0 Å². The fourth-order valence-corrected chi connectivity index (χ4v) is 2.35. The van der Waals surface area contributed by atoms with Crippen molar-refractivity contribution < 1.29 is 9.53 Å². The van der Waals surface area contributed by atoms with Gasteiger partial charge in [-0.25, -0.2) is 4.98 Å². The van der Waals surface area contributed by atoms with Crippen LogP contribution in [-0.2, 0) is 4.74 Å². The molecule has 1 aliphatic heterocycles. The van der Waals surface area contributed by atoms with Gasteiger partial charge in [0.25, 0.3) is 5.91 Å². The van der Waals surface area contributed by atoms with Crippen LogP contribution in [0.25, 0.3) is 0 Å². The second-order valence-corrected chi connectivity index (χ2v) is 5.41. The molecule has 0 N–H and O–H groups in total. The molecule has 2 rings (SSSR count). The maximum atomic E-state index is 12.4. The maximum Gasteiger partial charge on any atom is 0.257 e. The van der Waals surface area contributed by atoms with Crippen LogP contribution in [0.4, 0.5) is 0 Å². The van der Waals surface area contributed by atoms with Crippen LogP contribution >= 0.6 is 15.9 Å². The number of nitrogens with zero attached hydrogens (tertiary/aromatic N) is 2. The number of halogens is 1. The van der Waals surface area contributed by atoms with E-state index in [0.29, 0.717) is 29.9 Å². The summed E-state index contributed by atoms with van der Waals surface area (Å²) in [4.78, 5) is 18.4. The number of carbonyl (C=O) groups is 1. The zero-order chi connectivity index (χ0) is 12.5. The van der Waals surface area contributed by atoms with Crippen LogP contribution in [0, 0.1) is 0 Å². The summed E-state index contributed by atoms with van der Waals surface area (Å²) in [5.74, 6) is -0.00160. The van der Waals surface area contributed by atoms with Crippen molar-refractivity contribution >= 4 is 21.8 Å². The molecule has 1 aromatic heterocycles. The van der Waals surface area contributed by atoms with Gasteiger partial charge in [0.2, 0.25) is 0 Å². The second kappa shape index (κ2) is 4.74. The minimum absolute atomic E-state index is 0.00160. The first-order valence-electron chi connectivity index (χ1n) is 5.52. The van der Waals surface area contributed by atoms with E-state index in [1.807, 2.05) is 18.7 Å². The smallest absolute Gasteiger partial charge is 0.257 e. The van der Waals surface area contributed by atoms with Gasteiger partial charge in [0.1, 0.15) is 4.60 Å². The molecule has 1 fully saturated rings. The van der Waals surface area contributed by atoms with Gasteiger partial charge < -0.3 is 9.64 Å². The summed E-state index contributed by atoms with van der Waals surface area (Å²) >= 11 is 3.31. The molecule has 1 saturated heterocycles. The Bertz CT molecular complexity index is 434. The van der Waals surface area contributed by atoms with E-state index in [0.717, 1.165) is 0 Å². The number of aromatic nitrogens is 1. The molecule has 0 bridgehead atoms. The molecular weight excluding hydrogens is 284 g/mol. The molecule has 0 spiro atoms. The van der Waals surface area contributed by atoms with Crippen molar-refractivity contribution in [3.63, 3.8) is 0 Å². The van der Waals surface area contributed by atoms with Gasteiger partial charge in [-0.2, -0.15) is 0 Å². The number of amides is 1. The molecule has 5 heteroatoms. The van der Waals surface area contributed by atoms with Gasteiger partial charge >= 0.3 is 0 Å². The summed E-state index contributed by atoms with van der Waals surface area (Å²) < 4.78 is 6.00. The molecular formula is C12H15BrN2O2. The Kier molecular flexibility index (Phi) is 3.49. The van der Waals surface area contributed by atoms with Gasteiger partial charge in [-0.3, -0.25) is 4.79 Å². The molecule has 0 atom stereocenters. The summed E-state index contributed by atoms with van der Waals surface area (Å²) in [6.07, 6.45) is 1.66. The fraction of sp³-hybridized carbons (Fsp3) is 0.500. The van der Waals surface area contributed by atoms with Gasteiger partial charge in [-0.05, 0) is 41.9 Å². The van der Waals surface area contributed by atoms with Crippen molar-refractivity contribution in [2.45, 2.75) is 19.4 Å². The first-order valence-corrected chi connectivity index (χ1v) is 6.32. The Morgan fingerprint density at radius 2 is 2.35 bits per heavy atom. The first-order chi connectivity index (χ1) is 8.02. The van der Waals surface area contributed by atoms with Crippen molar-refractivity contribution in [1.29, 1.82) is 0 Å². The highest BCUT2D eigenvalue weighted by molar-refractivity contribution is 9.10. The number of morpholine rings is 1. The standard InChI is InChI=1S/C12H15BrN2O2/c1-12(2)8-17-7-6-15(12)11(16)9-4-3-5-14-10(9)13/h3-5H,6-8H2,1-2H3. The molecule has 0 saturated carbocycles. The lowest BCUT2D eigenvalue weighted by molar-refractivity contribution is -0.0371. The molecule has 4 nitrogen and oxygen atoms in total. The van der Waals surface area contributed by atoms with E-state index in [1.54, 1.807) is 18.3 Å². The quantitative estimate of drug-likeness (QED) is 0.746. The van der Waals surface area contributed by atoms with Crippen LogP contribution in [0.3, 0.4) is 0 Å². The molecule has 1 amide bonds. The van der Waals surface area contributed by atoms with Crippen molar-refractivity contribution in [2.75, 3.05) is 19.8 Å². The van der Waals surface area contributed by atoms with Crippen LogP contribution in [0.15, 0.2) is 22.9 Å². The van der Waals surface area contributed by atoms with E-state index < -0.39 is 0 Å². The number of pyridine rings is 1. The number of hydrogen-bond donors (Lipinski definition) is 0. The van der Waals surface area contributed by atoms with Gasteiger partial charge in [-0.15, -0.1) is 0 Å². The molecule has 1 aliphatic rings. The number of carbonyl (C=O) groups excluding carboxylic acids is 1. The lowest BCUT2D eigenvalue weighted by Crippen LogP contribution is -2.55. The highest BCUT2D eigenvalue weighted by atomic mass is 79.9. The predicted octanol–water partition coefficient (Wildman–Crippen LogP) is 2.10. The van der Waals surface area contributed by atoms with E-state index in [9.17, 15) is 4.79 Å². The van der Waals surface area contributed by atoms with Crippen molar-refractivity contribution in [2.24, 2.45) is 0 Å². The van der Waals surface area contributed by atoms with Crippen LogP contribution in [0.5, 0.6) is 0 Å². The third-order valence-electron chi connectivity index (χ3n) is 2.88. The SMILES string of the molecule is CC1(C)COCCN1C(=O)c1cccnc1Br. The highest BCUT2D eigenvalue weighted by Crippen LogP contribution is 2.23. The third-order valence-corrected chi connectivity index (χ3v) is 3.51. The molecule has 2 heterocycles. The summed E-state index contributed by atoms with van der Waals surface area (Å²) in [7, 11) is 0. The molecule has 0 aromatic carbocycles. The average molecular weight is 299 g/mol.